The van der Waals surface area contributed by atoms with E-state index in [0.29, 0.717) is 6.10 Å². The van der Waals surface area contributed by atoms with Crippen LogP contribution < -0.4 is 9.47 Å². The van der Waals surface area contributed by atoms with Crippen molar-refractivity contribution in [2.45, 2.75) is 52.4 Å². The highest BCUT2D eigenvalue weighted by molar-refractivity contribution is 5.40. The van der Waals surface area contributed by atoms with E-state index >= 15 is 0 Å². The van der Waals surface area contributed by atoms with Gasteiger partial charge in [-0.3, -0.25) is 9.58 Å². The van der Waals surface area contributed by atoms with Gasteiger partial charge in [-0.05, 0) is 44.9 Å². The Hall–Kier alpha value is -2.05. The van der Waals surface area contributed by atoms with Gasteiger partial charge in [0.05, 0.1) is 26.0 Å². The van der Waals surface area contributed by atoms with Crippen molar-refractivity contribution in [2.75, 3.05) is 27.4 Å². The summed E-state index contributed by atoms with van der Waals surface area (Å²) >= 11 is 0. The Morgan fingerprint density at radius 1 is 1.22 bits per heavy atom. The third-order valence-electron chi connectivity index (χ3n) is 5.13. The molecule has 1 fully saturated rings. The van der Waals surface area contributed by atoms with Crippen LogP contribution in [-0.2, 0) is 24.4 Å². The van der Waals surface area contributed by atoms with Gasteiger partial charge in [-0.2, -0.15) is 5.10 Å². The van der Waals surface area contributed by atoms with Crippen molar-refractivity contribution in [2.24, 2.45) is 0 Å². The molecule has 6 nitrogen and oxygen atoms in total. The summed E-state index contributed by atoms with van der Waals surface area (Å²) in [5, 5.41) is 4.60. The van der Waals surface area contributed by atoms with E-state index in [9.17, 15) is 0 Å². The summed E-state index contributed by atoms with van der Waals surface area (Å²) in [6.07, 6.45) is 4.72. The molecule has 0 unspecified atom stereocenters. The SMILES string of the molecule is CCn1cc(CN(Cc2cc(OC)ccc2OC)C[C@@H]2CCCO2)c(C)n1. The van der Waals surface area contributed by atoms with Crippen LogP contribution in [0.15, 0.2) is 24.4 Å². The van der Waals surface area contributed by atoms with E-state index in [4.69, 9.17) is 14.2 Å². The molecule has 1 saturated heterocycles. The topological polar surface area (TPSA) is 48.8 Å². The van der Waals surface area contributed by atoms with E-state index < -0.39 is 0 Å². The lowest BCUT2D eigenvalue weighted by molar-refractivity contribution is 0.0675. The third-order valence-corrected chi connectivity index (χ3v) is 5.13. The molecule has 3 rings (SSSR count). The molecule has 27 heavy (non-hydrogen) atoms. The molecule has 0 radical (unpaired) electrons. The summed E-state index contributed by atoms with van der Waals surface area (Å²) in [6, 6.07) is 5.96. The van der Waals surface area contributed by atoms with Gasteiger partial charge >= 0.3 is 0 Å². The summed E-state index contributed by atoms with van der Waals surface area (Å²) in [4.78, 5) is 2.43. The molecule has 0 aliphatic carbocycles. The number of benzene rings is 1. The first kappa shape index (κ1) is 19.7. The minimum absolute atomic E-state index is 0.295. The first-order chi connectivity index (χ1) is 13.1. The van der Waals surface area contributed by atoms with Crippen LogP contribution in [0.4, 0.5) is 0 Å². The summed E-state index contributed by atoms with van der Waals surface area (Å²) in [5.41, 5.74) is 3.47. The maximum Gasteiger partial charge on any atom is 0.123 e. The number of nitrogens with zero attached hydrogens (tertiary/aromatic N) is 3. The molecule has 1 aliphatic heterocycles. The molecule has 6 heteroatoms. The molecule has 2 heterocycles. The fourth-order valence-corrected chi connectivity index (χ4v) is 3.62. The van der Waals surface area contributed by atoms with Crippen LogP contribution in [-0.4, -0.2) is 48.2 Å². The highest BCUT2D eigenvalue weighted by Gasteiger charge is 2.22. The number of aromatic nitrogens is 2. The van der Waals surface area contributed by atoms with Crippen LogP contribution in [0.3, 0.4) is 0 Å². The molecule has 0 saturated carbocycles. The molecule has 0 bridgehead atoms. The zero-order chi connectivity index (χ0) is 19.2. The average Bonchev–Trinajstić information content (AvgIpc) is 3.31. The predicted octanol–water partition coefficient (Wildman–Crippen LogP) is 3.41. The second kappa shape index (κ2) is 9.24. The van der Waals surface area contributed by atoms with Crippen molar-refractivity contribution in [1.29, 1.82) is 0 Å². The molecular formula is C21H31N3O3. The Kier molecular flexibility index (Phi) is 6.74. The number of ether oxygens (including phenoxy) is 3. The van der Waals surface area contributed by atoms with E-state index in [0.717, 1.165) is 68.4 Å². The van der Waals surface area contributed by atoms with E-state index in [2.05, 4.69) is 36.1 Å². The van der Waals surface area contributed by atoms with Gasteiger partial charge < -0.3 is 14.2 Å². The van der Waals surface area contributed by atoms with Crippen LogP contribution in [0.5, 0.6) is 11.5 Å². The fraction of sp³-hybridized carbons (Fsp3) is 0.571. The molecular weight excluding hydrogens is 342 g/mol. The molecule has 0 spiro atoms. The zero-order valence-electron chi connectivity index (χ0n) is 16.9. The van der Waals surface area contributed by atoms with Gasteiger partial charge in [0, 0.05) is 50.1 Å². The van der Waals surface area contributed by atoms with Gasteiger partial charge in [0.25, 0.3) is 0 Å². The lowest BCUT2D eigenvalue weighted by Crippen LogP contribution is -2.31. The van der Waals surface area contributed by atoms with Crippen molar-refractivity contribution in [3.63, 3.8) is 0 Å². The number of hydrogen-bond acceptors (Lipinski definition) is 5. The highest BCUT2D eigenvalue weighted by atomic mass is 16.5. The smallest absolute Gasteiger partial charge is 0.123 e. The van der Waals surface area contributed by atoms with E-state index in [1.807, 2.05) is 16.8 Å². The zero-order valence-corrected chi connectivity index (χ0v) is 16.9. The Balaban J connectivity index is 1.81. The van der Waals surface area contributed by atoms with Crippen molar-refractivity contribution < 1.29 is 14.2 Å². The monoisotopic (exact) mass is 373 g/mol. The molecule has 1 atom stereocenters. The maximum atomic E-state index is 5.90. The Morgan fingerprint density at radius 3 is 2.67 bits per heavy atom. The number of aryl methyl sites for hydroxylation is 2. The summed E-state index contributed by atoms with van der Waals surface area (Å²) in [7, 11) is 3.41. The lowest BCUT2D eigenvalue weighted by atomic mass is 10.1. The summed E-state index contributed by atoms with van der Waals surface area (Å²) in [6.45, 7) is 8.46. The van der Waals surface area contributed by atoms with Gasteiger partial charge in [-0.25, -0.2) is 0 Å². The molecule has 148 valence electrons. The fourth-order valence-electron chi connectivity index (χ4n) is 3.62. The standard InChI is InChI=1S/C21H31N3O3/c1-5-24-14-18(16(2)22-24)13-23(15-20-7-6-10-27-20)12-17-11-19(25-3)8-9-21(17)26-4/h8-9,11,14,20H,5-7,10,12-13,15H2,1-4H3/t20-/m0/s1. The van der Waals surface area contributed by atoms with Gasteiger partial charge in [-0.1, -0.05) is 0 Å². The second-order valence-electron chi connectivity index (χ2n) is 7.08. The first-order valence-electron chi connectivity index (χ1n) is 9.70. The average molecular weight is 373 g/mol. The molecule has 1 aliphatic rings. The predicted molar refractivity (Wildman–Crippen MR) is 105 cm³/mol. The normalized spacial score (nSPS) is 16.9. The van der Waals surface area contributed by atoms with Crippen LogP contribution in [0.2, 0.25) is 0 Å². The number of rotatable bonds is 9. The highest BCUT2D eigenvalue weighted by Crippen LogP contribution is 2.27. The second-order valence-corrected chi connectivity index (χ2v) is 7.08. The Morgan fingerprint density at radius 2 is 2.04 bits per heavy atom. The van der Waals surface area contributed by atoms with Gasteiger partial charge in [0.1, 0.15) is 11.5 Å². The van der Waals surface area contributed by atoms with Crippen LogP contribution in [0.1, 0.15) is 36.6 Å². The lowest BCUT2D eigenvalue weighted by Gasteiger charge is -2.26. The first-order valence-corrected chi connectivity index (χ1v) is 9.70. The summed E-state index contributed by atoms with van der Waals surface area (Å²) in [5.74, 6) is 1.73. The van der Waals surface area contributed by atoms with Crippen molar-refractivity contribution in [1.82, 2.24) is 14.7 Å². The van der Waals surface area contributed by atoms with E-state index in [-0.39, 0.29) is 0 Å². The molecule has 2 aromatic rings. The summed E-state index contributed by atoms with van der Waals surface area (Å²) < 4.78 is 18.9. The molecule has 1 aromatic carbocycles. The minimum atomic E-state index is 0.295. The number of hydrogen-bond donors (Lipinski definition) is 0. The van der Waals surface area contributed by atoms with Crippen molar-refractivity contribution >= 4 is 0 Å². The third kappa shape index (κ3) is 5.02. The molecule has 1 aromatic heterocycles. The maximum absolute atomic E-state index is 5.90. The van der Waals surface area contributed by atoms with Crippen LogP contribution in [0, 0.1) is 6.92 Å². The minimum Gasteiger partial charge on any atom is -0.497 e. The van der Waals surface area contributed by atoms with Gasteiger partial charge in [-0.15, -0.1) is 0 Å². The molecule has 0 N–H and O–H groups in total. The van der Waals surface area contributed by atoms with Crippen molar-refractivity contribution in [3.8, 4) is 11.5 Å². The Labute approximate surface area is 162 Å². The van der Waals surface area contributed by atoms with Crippen LogP contribution in [0.25, 0.3) is 0 Å². The van der Waals surface area contributed by atoms with E-state index in [1.165, 1.54) is 5.56 Å². The molecule has 0 amide bonds. The van der Waals surface area contributed by atoms with Crippen molar-refractivity contribution in [3.05, 3.63) is 41.2 Å². The largest absolute Gasteiger partial charge is 0.497 e. The van der Waals surface area contributed by atoms with Gasteiger partial charge in [0.2, 0.25) is 0 Å². The Bertz CT molecular complexity index is 738. The number of methoxy groups -OCH3 is 2. The van der Waals surface area contributed by atoms with Gasteiger partial charge in [0.15, 0.2) is 0 Å². The van der Waals surface area contributed by atoms with Crippen LogP contribution >= 0.6 is 0 Å². The quantitative estimate of drug-likeness (QED) is 0.674. The van der Waals surface area contributed by atoms with E-state index in [1.54, 1.807) is 14.2 Å².